The van der Waals surface area contributed by atoms with Crippen molar-refractivity contribution in [2.45, 2.75) is 39.1 Å². The first-order valence-electron chi connectivity index (χ1n) is 10.8. The second-order valence-electron chi connectivity index (χ2n) is 8.10. The van der Waals surface area contributed by atoms with Crippen LogP contribution in [0.2, 0.25) is 0 Å². The molecule has 2 atom stereocenters. The Morgan fingerprint density at radius 3 is 2.52 bits per heavy atom. The Balaban J connectivity index is 1.28. The fourth-order valence-electron chi connectivity index (χ4n) is 4.00. The van der Waals surface area contributed by atoms with Crippen molar-refractivity contribution in [3.63, 3.8) is 0 Å². The van der Waals surface area contributed by atoms with E-state index < -0.39 is 0 Å². The molecule has 1 aliphatic heterocycles. The molecule has 0 aliphatic carbocycles. The van der Waals surface area contributed by atoms with Gasteiger partial charge in [0.1, 0.15) is 36.1 Å². The summed E-state index contributed by atoms with van der Waals surface area (Å²) in [4.78, 5) is 6.61. The summed E-state index contributed by atoms with van der Waals surface area (Å²) in [6.07, 6.45) is 3.88. The average Bonchev–Trinajstić information content (AvgIpc) is 3.35. The predicted octanol–water partition coefficient (Wildman–Crippen LogP) is 3.86. The molecule has 0 bridgehead atoms. The lowest BCUT2D eigenvalue weighted by Crippen LogP contribution is -2.31. The highest BCUT2D eigenvalue weighted by Crippen LogP contribution is 2.23. The van der Waals surface area contributed by atoms with Gasteiger partial charge in [0.25, 0.3) is 0 Å². The maximum Gasteiger partial charge on any atom is 0.139 e. The Hall–Kier alpha value is -2.83. The summed E-state index contributed by atoms with van der Waals surface area (Å²) in [6, 6.07) is 16.5. The van der Waals surface area contributed by atoms with Gasteiger partial charge in [0, 0.05) is 39.1 Å². The van der Waals surface area contributed by atoms with Crippen LogP contribution in [0.4, 0.5) is 0 Å². The van der Waals surface area contributed by atoms with Gasteiger partial charge in [-0.15, -0.1) is 0 Å². The first-order chi connectivity index (χ1) is 15.1. The first kappa shape index (κ1) is 21.4. The van der Waals surface area contributed by atoms with E-state index >= 15 is 0 Å². The number of nitrogens with zero attached hydrogens (tertiary/aromatic N) is 3. The van der Waals surface area contributed by atoms with Gasteiger partial charge < -0.3 is 18.8 Å². The number of likely N-dealkylation sites (tertiary alicyclic amines) is 1. The number of aryl methyl sites for hydroxylation is 2. The van der Waals surface area contributed by atoms with Crippen molar-refractivity contribution in [1.29, 1.82) is 0 Å². The van der Waals surface area contributed by atoms with E-state index in [1.165, 1.54) is 11.1 Å². The lowest BCUT2D eigenvalue weighted by Gasteiger charge is -2.19. The molecule has 0 radical (unpaired) electrons. The van der Waals surface area contributed by atoms with Crippen molar-refractivity contribution >= 4 is 0 Å². The molecule has 1 fully saturated rings. The summed E-state index contributed by atoms with van der Waals surface area (Å²) in [5, 5.41) is 0. The van der Waals surface area contributed by atoms with Crippen LogP contribution in [-0.2, 0) is 17.8 Å². The number of benzene rings is 2. The molecule has 0 N–H and O–H groups in total. The first-order valence-corrected chi connectivity index (χ1v) is 10.8. The third-order valence-electron chi connectivity index (χ3n) is 5.72. The van der Waals surface area contributed by atoms with E-state index in [1.807, 2.05) is 43.6 Å². The lowest BCUT2D eigenvalue weighted by atomic mass is 10.2. The van der Waals surface area contributed by atoms with Crippen molar-refractivity contribution in [3.05, 3.63) is 77.9 Å². The number of rotatable bonds is 9. The van der Waals surface area contributed by atoms with Crippen LogP contribution in [0.1, 0.15) is 17.0 Å². The van der Waals surface area contributed by atoms with E-state index in [-0.39, 0.29) is 12.2 Å². The van der Waals surface area contributed by atoms with Crippen LogP contribution in [0.15, 0.2) is 60.9 Å². The molecule has 2 heterocycles. The fourth-order valence-corrected chi connectivity index (χ4v) is 4.00. The smallest absolute Gasteiger partial charge is 0.139 e. The molecule has 1 aromatic heterocycles. The van der Waals surface area contributed by atoms with Crippen LogP contribution in [0, 0.1) is 13.8 Å². The maximum atomic E-state index is 6.24. The minimum absolute atomic E-state index is 0.0287. The topological polar surface area (TPSA) is 48.8 Å². The Labute approximate surface area is 184 Å². The summed E-state index contributed by atoms with van der Waals surface area (Å²) < 4.78 is 19.9. The van der Waals surface area contributed by atoms with Gasteiger partial charge in [-0.05, 0) is 49.2 Å². The van der Waals surface area contributed by atoms with E-state index in [0.717, 1.165) is 43.5 Å². The van der Waals surface area contributed by atoms with Gasteiger partial charge in [-0.25, -0.2) is 4.98 Å². The molecule has 6 nitrogen and oxygen atoms in total. The molecule has 31 heavy (non-hydrogen) atoms. The number of imidazole rings is 1. The Bertz CT molecular complexity index is 970. The lowest BCUT2D eigenvalue weighted by molar-refractivity contribution is 0.0340. The van der Waals surface area contributed by atoms with Crippen molar-refractivity contribution in [2.75, 3.05) is 26.8 Å². The van der Waals surface area contributed by atoms with Crippen LogP contribution in [0.5, 0.6) is 11.5 Å². The molecule has 0 saturated carbocycles. The Morgan fingerprint density at radius 2 is 1.81 bits per heavy atom. The SMILES string of the molecule is CO[C@H]1CN(Cc2ccc(OCCn3ccnc3C)cc2)C[C@@H]1Oc1cccc(C)c1. The average molecular weight is 422 g/mol. The molecule has 0 spiro atoms. The summed E-state index contributed by atoms with van der Waals surface area (Å²) in [5.74, 6) is 2.79. The van der Waals surface area contributed by atoms with E-state index in [4.69, 9.17) is 14.2 Å². The van der Waals surface area contributed by atoms with Gasteiger partial charge >= 0.3 is 0 Å². The normalized spacial score (nSPS) is 18.9. The molecule has 0 unspecified atom stereocenters. The molecule has 2 aromatic carbocycles. The summed E-state index contributed by atoms with van der Waals surface area (Å²) >= 11 is 0. The molecule has 3 aromatic rings. The van der Waals surface area contributed by atoms with Gasteiger partial charge in [0.2, 0.25) is 0 Å². The molecule has 4 rings (SSSR count). The number of hydrogen-bond acceptors (Lipinski definition) is 5. The highest BCUT2D eigenvalue weighted by molar-refractivity contribution is 5.29. The van der Waals surface area contributed by atoms with E-state index in [9.17, 15) is 0 Å². The monoisotopic (exact) mass is 421 g/mol. The summed E-state index contributed by atoms with van der Waals surface area (Å²) in [6.45, 7) is 8.05. The molecule has 1 aliphatic rings. The van der Waals surface area contributed by atoms with Gasteiger partial charge in [-0.1, -0.05) is 24.3 Å². The molecule has 0 amide bonds. The Kier molecular flexibility index (Phi) is 6.89. The van der Waals surface area contributed by atoms with E-state index in [2.05, 4.69) is 45.6 Å². The minimum Gasteiger partial charge on any atom is -0.492 e. The largest absolute Gasteiger partial charge is 0.492 e. The number of ether oxygens (including phenoxy) is 3. The second kappa shape index (κ2) is 9.98. The maximum absolute atomic E-state index is 6.24. The van der Waals surface area contributed by atoms with Crippen LogP contribution >= 0.6 is 0 Å². The summed E-state index contributed by atoms with van der Waals surface area (Å²) in [7, 11) is 1.76. The van der Waals surface area contributed by atoms with Crippen LogP contribution in [0.3, 0.4) is 0 Å². The van der Waals surface area contributed by atoms with E-state index in [1.54, 1.807) is 7.11 Å². The highest BCUT2D eigenvalue weighted by atomic mass is 16.5. The Morgan fingerprint density at radius 1 is 1.00 bits per heavy atom. The standard InChI is InChI=1S/C25H31N3O3/c1-19-5-4-6-23(15-19)31-25-18-27(17-24(25)29-3)16-21-7-9-22(10-8-21)30-14-13-28-12-11-26-20(28)2/h4-12,15,24-25H,13-14,16-18H2,1-3H3/t24-,25-/m0/s1. The predicted molar refractivity (Wildman–Crippen MR) is 121 cm³/mol. The molecule has 6 heteroatoms. The molecular weight excluding hydrogens is 390 g/mol. The van der Waals surface area contributed by atoms with Crippen molar-refractivity contribution in [1.82, 2.24) is 14.5 Å². The number of hydrogen-bond donors (Lipinski definition) is 0. The zero-order chi connectivity index (χ0) is 21.6. The number of methoxy groups -OCH3 is 1. The van der Waals surface area contributed by atoms with Gasteiger partial charge in [0.15, 0.2) is 0 Å². The van der Waals surface area contributed by atoms with Crippen molar-refractivity contribution in [3.8, 4) is 11.5 Å². The van der Waals surface area contributed by atoms with Gasteiger partial charge in [0.05, 0.1) is 6.54 Å². The van der Waals surface area contributed by atoms with Crippen LogP contribution in [-0.4, -0.2) is 53.5 Å². The van der Waals surface area contributed by atoms with Crippen molar-refractivity contribution in [2.24, 2.45) is 0 Å². The molecule has 164 valence electrons. The third-order valence-corrected chi connectivity index (χ3v) is 5.72. The minimum atomic E-state index is 0.0287. The number of aromatic nitrogens is 2. The van der Waals surface area contributed by atoms with E-state index in [0.29, 0.717) is 6.61 Å². The zero-order valence-electron chi connectivity index (χ0n) is 18.5. The highest BCUT2D eigenvalue weighted by Gasteiger charge is 2.34. The third kappa shape index (κ3) is 5.66. The quantitative estimate of drug-likeness (QED) is 0.525. The van der Waals surface area contributed by atoms with Gasteiger partial charge in [-0.2, -0.15) is 0 Å². The van der Waals surface area contributed by atoms with Crippen LogP contribution < -0.4 is 9.47 Å². The molecule has 1 saturated heterocycles. The second-order valence-corrected chi connectivity index (χ2v) is 8.10. The van der Waals surface area contributed by atoms with Crippen LogP contribution in [0.25, 0.3) is 0 Å². The van der Waals surface area contributed by atoms with Crippen molar-refractivity contribution < 1.29 is 14.2 Å². The fraction of sp³-hybridized carbons (Fsp3) is 0.400. The summed E-state index contributed by atoms with van der Waals surface area (Å²) in [5.41, 5.74) is 2.45. The molecular formula is C25H31N3O3. The van der Waals surface area contributed by atoms with Gasteiger partial charge in [-0.3, -0.25) is 4.90 Å². The zero-order valence-corrected chi connectivity index (χ0v) is 18.5.